The highest BCUT2D eigenvalue weighted by Crippen LogP contribution is 2.32. The Bertz CT molecular complexity index is 529. The largest absolute Gasteiger partial charge is 0.507 e. The fourth-order valence-corrected chi connectivity index (χ4v) is 1.72. The van der Waals surface area contributed by atoms with Crippen LogP contribution in [-0.4, -0.2) is 16.7 Å². The van der Waals surface area contributed by atoms with Crippen LogP contribution in [0.15, 0.2) is 36.7 Å². The molecule has 1 aromatic heterocycles. The maximum absolute atomic E-state index is 9.78. The standard InChI is InChI=1S/C13H12ClNO2/c1-2-17-11-5-9(7-15-8-11)12-6-10(14)3-4-13(12)16/h3-8,16H,2H2,1H3. The fourth-order valence-electron chi connectivity index (χ4n) is 1.55. The van der Waals surface area contributed by atoms with Crippen molar-refractivity contribution in [2.75, 3.05) is 6.61 Å². The van der Waals surface area contributed by atoms with E-state index < -0.39 is 0 Å². The van der Waals surface area contributed by atoms with Crippen LogP contribution in [0, 0.1) is 0 Å². The lowest BCUT2D eigenvalue weighted by molar-refractivity contribution is 0.339. The first-order valence-electron chi connectivity index (χ1n) is 5.27. The Hall–Kier alpha value is -1.74. The van der Waals surface area contributed by atoms with E-state index in [9.17, 15) is 5.11 Å². The molecule has 0 bridgehead atoms. The van der Waals surface area contributed by atoms with Crippen molar-refractivity contribution >= 4 is 11.6 Å². The summed E-state index contributed by atoms with van der Waals surface area (Å²) in [6.45, 7) is 2.48. The van der Waals surface area contributed by atoms with Crippen LogP contribution in [0.3, 0.4) is 0 Å². The lowest BCUT2D eigenvalue weighted by Crippen LogP contribution is -1.92. The van der Waals surface area contributed by atoms with Gasteiger partial charge in [-0.3, -0.25) is 4.98 Å². The van der Waals surface area contributed by atoms with Crippen LogP contribution in [0.4, 0.5) is 0 Å². The summed E-state index contributed by atoms with van der Waals surface area (Å²) in [5, 5.41) is 10.4. The Kier molecular flexibility index (Phi) is 3.49. The highest BCUT2D eigenvalue weighted by atomic mass is 35.5. The van der Waals surface area contributed by atoms with Crippen molar-refractivity contribution in [3.8, 4) is 22.6 Å². The molecular weight excluding hydrogens is 238 g/mol. The van der Waals surface area contributed by atoms with Gasteiger partial charge in [-0.2, -0.15) is 0 Å². The molecule has 3 nitrogen and oxygen atoms in total. The molecular formula is C13H12ClNO2. The van der Waals surface area contributed by atoms with Gasteiger partial charge >= 0.3 is 0 Å². The van der Waals surface area contributed by atoms with Gasteiger partial charge in [-0.15, -0.1) is 0 Å². The summed E-state index contributed by atoms with van der Waals surface area (Å²) < 4.78 is 5.36. The number of benzene rings is 1. The van der Waals surface area contributed by atoms with E-state index in [-0.39, 0.29) is 5.75 Å². The molecule has 0 spiro atoms. The quantitative estimate of drug-likeness (QED) is 0.905. The smallest absolute Gasteiger partial charge is 0.138 e. The molecule has 17 heavy (non-hydrogen) atoms. The van der Waals surface area contributed by atoms with E-state index in [4.69, 9.17) is 16.3 Å². The molecule has 1 heterocycles. The first-order valence-corrected chi connectivity index (χ1v) is 5.65. The predicted octanol–water partition coefficient (Wildman–Crippen LogP) is 3.51. The van der Waals surface area contributed by atoms with Crippen molar-refractivity contribution in [2.45, 2.75) is 6.92 Å². The number of halogens is 1. The van der Waals surface area contributed by atoms with Crippen LogP contribution in [0.1, 0.15) is 6.92 Å². The monoisotopic (exact) mass is 249 g/mol. The molecule has 1 N–H and O–H groups in total. The first kappa shape index (κ1) is 11.7. The minimum Gasteiger partial charge on any atom is -0.507 e. The zero-order chi connectivity index (χ0) is 12.3. The van der Waals surface area contributed by atoms with Gasteiger partial charge in [0.25, 0.3) is 0 Å². The number of nitrogens with zero attached hydrogens (tertiary/aromatic N) is 1. The Morgan fingerprint density at radius 1 is 1.29 bits per heavy atom. The second-order valence-corrected chi connectivity index (χ2v) is 3.94. The van der Waals surface area contributed by atoms with Crippen LogP contribution in [-0.2, 0) is 0 Å². The number of ether oxygens (including phenoxy) is 1. The van der Waals surface area contributed by atoms with Gasteiger partial charge in [0, 0.05) is 22.3 Å². The second-order valence-electron chi connectivity index (χ2n) is 3.50. The summed E-state index contributed by atoms with van der Waals surface area (Å²) in [7, 11) is 0. The van der Waals surface area contributed by atoms with Gasteiger partial charge in [0.1, 0.15) is 11.5 Å². The molecule has 0 saturated carbocycles. The minimum absolute atomic E-state index is 0.171. The van der Waals surface area contributed by atoms with Gasteiger partial charge in [0.15, 0.2) is 0 Å². The molecule has 1 aromatic carbocycles. The van der Waals surface area contributed by atoms with E-state index in [1.165, 1.54) is 0 Å². The maximum Gasteiger partial charge on any atom is 0.138 e. The highest BCUT2D eigenvalue weighted by molar-refractivity contribution is 6.31. The average Bonchev–Trinajstić information content (AvgIpc) is 2.33. The van der Waals surface area contributed by atoms with Crippen LogP contribution < -0.4 is 4.74 Å². The highest BCUT2D eigenvalue weighted by Gasteiger charge is 2.06. The average molecular weight is 250 g/mol. The van der Waals surface area contributed by atoms with E-state index >= 15 is 0 Å². The van der Waals surface area contributed by atoms with Gasteiger partial charge < -0.3 is 9.84 Å². The van der Waals surface area contributed by atoms with Crippen molar-refractivity contribution in [1.29, 1.82) is 0 Å². The molecule has 88 valence electrons. The summed E-state index contributed by atoms with van der Waals surface area (Å²) in [5.74, 6) is 0.842. The van der Waals surface area contributed by atoms with Gasteiger partial charge in [-0.05, 0) is 31.2 Å². The van der Waals surface area contributed by atoms with Crippen LogP contribution in [0.25, 0.3) is 11.1 Å². The normalized spacial score (nSPS) is 10.2. The topological polar surface area (TPSA) is 42.4 Å². The van der Waals surface area contributed by atoms with Crippen LogP contribution in [0.2, 0.25) is 5.02 Å². The molecule has 0 atom stereocenters. The molecule has 4 heteroatoms. The SMILES string of the molecule is CCOc1cncc(-c2cc(Cl)ccc2O)c1. The zero-order valence-electron chi connectivity index (χ0n) is 9.35. The van der Waals surface area contributed by atoms with Crippen LogP contribution in [0.5, 0.6) is 11.5 Å². The Labute approximate surface area is 105 Å². The number of aromatic nitrogens is 1. The van der Waals surface area contributed by atoms with Gasteiger partial charge in [-0.25, -0.2) is 0 Å². The lowest BCUT2D eigenvalue weighted by atomic mass is 10.1. The molecule has 0 aliphatic heterocycles. The fraction of sp³-hybridized carbons (Fsp3) is 0.154. The summed E-state index contributed by atoms with van der Waals surface area (Å²) >= 11 is 5.90. The van der Waals surface area contributed by atoms with Crippen molar-refractivity contribution in [3.63, 3.8) is 0 Å². The summed E-state index contributed by atoms with van der Waals surface area (Å²) in [6.07, 6.45) is 3.29. The summed E-state index contributed by atoms with van der Waals surface area (Å²) in [4.78, 5) is 4.07. The van der Waals surface area contributed by atoms with E-state index in [0.29, 0.717) is 22.9 Å². The molecule has 0 aliphatic rings. The molecule has 2 aromatic rings. The molecule has 0 unspecified atom stereocenters. The molecule has 0 aliphatic carbocycles. The summed E-state index contributed by atoms with van der Waals surface area (Å²) in [6, 6.07) is 6.72. The number of aromatic hydroxyl groups is 1. The zero-order valence-corrected chi connectivity index (χ0v) is 10.1. The number of hydrogen-bond donors (Lipinski definition) is 1. The third kappa shape index (κ3) is 2.68. The van der Waals surface area contributed by atoms with Crippen molar-refractivity contribution in [2.24, 2.45) is 0 Å². The van der Waals surface area contributed by atoms with Crippen LogP contribution >= 0.6 is 11.6 Å². The van der Waals surface area contributed by atoms with E-state index in [1.807, 2.05) is 13.0 Å². The molecule has 0 saturated heterocycles. The summed E-state index contributed by atoms with van der Waals surface area (Å²) in [5.41, 5.74) is 1.42. The van der Waals surface area contributed by atoms with Crippen molar-refractivity contribution in [3.05, 3.63) is 41.7 Å². The number of hydrogen-bond acceptors (Lipinski definition) is 3. The maximum atomic E-state index is 9.78. The predicted molar refractivity (Wildman–Crippen MR) is 67.5 cm³/mol. The molecule has 0 fully saturated rings. The number of pyridine rings is 1. The van der Waals surface area contributed by atoms with E-state index in [1.54, 1.807) is 30.6 Å². The number of rotatable bonds is 3. The number of phenolic OH excluding ortho intramolecular Hbond substituents is 1. The second kappa shape index (κ2) is 5.06. The first-order chi connectivity index (χ1) is 8.20. The van der Waals surface area contributed by atoms with Crippen molar-refractivity contribution in [1.82, 2.24) is 4.98 Å². The minimum atomic E-state index is 0.171. The van der Waals surface area contributed by atoms with Gasteiger partial charge in [-0.1, -0.05) is 11.6 Å². The van der Waals surface area contributed by atoms with E-state index in [2.05, 4.69) is 4.98 Å². The van der Waals surface area contributed by atoms with Crippen molar-refractivity contribution < 1.29 is 9.84 Å². The third-order valence-electron chi connectivity index (χ3n) is 2.29. The molecule has 0 radical (unpaired) electrons. The third-order valence-corrected chi connectivity index (χ3v) is 2.53. The number of phenols is 1. The molecule has 2 rings (SSSR count). The lowest BCUT2D eigenvalue weighted by Gasteiger charge is -2.07. The Balaban J connectivity index is 2.45. The van der Waals surface area contributed by atoms with Gasteiger partial charge in [0.05, 0.1) is 12.8 Å². The molecule has 0 amide bonds. The Morgan fingerprint density at radius 2 is 2.12 bits per heavy atom. The van der Waals surface area contributed by atoms with Gasteiger partial charge in [0.2, 0.25) is 0 Å². The van der Waals surface area contributed by atoms with E-state index in [0.717, 1.165) is 5.56 Å². The Morgan fingerprint density at radius 3 is 2.88 bits per heavy atom.